The summed E-state index contributed by atoms with van der Waals surface area (Å²) >= 11 is 1.37. The molecule has 1 aliphatic heterocycles. The fourth-order valence-electron chi connectivity index (χ4n) is 3.05. The molecule has 7 heteroatoms. The van der Waals surface area contributed by atoms with Crippen LogP contribution in [0.15, 0.2) is 29.0 Å². The maximum atomic E-state index is 14.4. The predicted octanol–water partition coefficient (Wildman–Crippen LogP) is 3.20. The standard InChI is InChI=1S/C16H14FNO4S/c1-8-10(6-13(20)21)14-11(2-3-12(19)15(14)17)18(8)16(22)9-4-5-23-7-9/h2-5,7-8,10,19H,6H2,1H3,(H,20,21). The van der Waals surface area contributed by atoms with E-state index in [9.17, 15) is 19.1 Å². The number of benzene rings is 1. The molecule has 3 rings (SSSR count). The smallest absolute Gasteiger partial charge is 0.304 e. The number of phenolic OH excluding ortho intramolecular Hbond substituents is 1. The number of hydrogen-bond donors (Lipinski definition) is 2. The highest BCUT2D eigenvalue weighted by Gasteiger charge is 2.42. The molecule has 1 amide bonds. The van der Waals surface area contributed by atoms with Crippen LogP contribution in [0.25, 0.3) is 0 Å². The zero-order valence-electron chi connectivity index (χ0n) is 12.2. The topological polar surface area (TPSA) is 77.8 Å². The summed E-state index contributed by atoms with van der Waals surface area (Å²) in [6, 6.07) is 3.78. The minimum absolute atomic E-state index is 0.0866. The Bertz CT molecular complexity index is 775. The number of amides is 1. The lowest BCUT2D eigenvalue weighted by molar-refractivity contribution is -0.137. The Morgan fingerprint density at radius 2 is 2.09 bits per heavy atom. The third kappa shape index (κ3) is 2.46. The molecular weight excluding hydrogens is 321 g/mol. The van der Waals surface area contributed by atoms with Gasteiger partial charge < -0.3 is 15.1 Å². The lowest BCUT2D eigenvalue weighted by atomic mass is 9.92. The summed E-state index contributed by atoms with van der Waals surface area (Å²) in [7, 11) is 0. The highest BCUT2D eigenvalue weighted by Crippen LogP contribution is 2.46. The number of carbonyl (C=O) groups excluding carboxylic acids is 1. The quantitative estimate of drug-likeness (QED) is 0.903. The summed E-state index contributed by atoms with van der Waals surface area (Å²) in [6.45, 7) is 1.69. The van der Waals surface area contributed by atoms with Crippen molar-refractivity contribution in [3.05, 3.63) is 45.9 Å². The molecule has 1 aliphatic rings. The molecule has 0 saturated carbocycles. The first-order valence-electron chi connectivity index (χ1n) is 7.00. The van der Waals surface area contributed by atoms with Gasteiger partial charge in [-0.05, 0) is 30.5 Å². The van der Waals surface area contributed by atoms with E-state index in [0.717, 1.165) is 0 Å². The molecule has 1 aromatic heterocycles. The number of anilines is 1. The lowest BCUT2D eigenvalue weighted by Gasteiger charge is -2.24. The lowest BCUT2D eigenvalue weighted by Crippen LogP contribution is -2.37. The number of thiophene rings is 1. The van der Waals surface area contributed by atoms with E-state index in [-0.39, 0.29) is 17.9 Å². The van der Waals surface area contributed by atoms with Crippen LogP contribution in [0.5, 0.6) is 5.75 Å². The predicted molar refractivity (Wildman–Crippen MR) is 83.6 cm³/mol. The molecule has 2 aromatic rings. The van der Waals surface area contributed by atoms with Crippen LogP contribution < -0.4 is 4.90 Å². The fourth-order valence-corrected chi connectivity index (χ4v) is 3.68. The van der Waals surface area contributed by atoms with Gasteiger partial charge in [0, 0.05) is 22.9 Å². The van der Waals surface area contributed by atoms with Gasteiger partial charge >= 0.3 is 5.97 Å². The monoisotopic (exact) mass is 335 g/mol. The number of fused-ring (bicyclic) bond motifs is 1. The van der Waals surface area contributed by atoms with E-state index in [0.29, 0.717) is 11.3 Å². The van der Waals surface area contributed by atoms with Gasteiger partial charge in [-0.2, -0.15) is 11.3 Å². The SMILES string of the molecule is CC1C(CC(=O)O)c2c(ccc(O)c2F)N1C(=O)c1ccsc1. The molecule has 2 N–H and O–H groups in total. The first-order chi connectivity index (χ1) is 10.9. The van der Waals surface area contributed by atoms with Crippen LogP contribution in [0.3, 0.4) is 0 Å². The van der Waals surface area contributed by atoms with Gasteiger partial charge in [-0.3, -0.25) is 9.59 Å². The second-order valence-corrected chi connectivity index (χ2v) is 6.24. The zero-order chi connectivity index (χ0) is 16.7. The van der Waals surface area contributed by atoms with Gasteiger partial charge in [0.05, 0.1) is 17.7 Å². The van der Waals surface area contributed by atoms with Crippen molar-refractivity contribution in [1.82, 2.24) is 0 Å². The largest absolute Gasteiger partial charge is 0.505 e. The number of nitrogens with zero attached hydrogens (tertiary/aromatic N) is 1. The summed E-state index contributed by atoms with van der Waals surface area (Å²) < 4.78 is 14.4. The molecular formula is C16H14FNO4S. The molecule has 0 spiro atoms. The Hall–Kier alpha value is -2.41. The summed E-state index contributed by atoms with van der Waals surface area (Å²) in [5.74, 6) is -3.51. The summed E-state index contributed by atoms with van der Waals surface area (Å²) in [5.41, 5.74) is 0.871. The van der Waals surface area contributed by atoms with E-state index in [4.69, 9.17) is 5.11 Å². The van der Waals surface area contributed by atoms with Gasteiger partial charge in [0.25, 0.3) is 5.91 Å². The van der Waals surface area contributed by atoms with Crippen LogP contribution in [0, 0.1) is 5.82 Å². The second-order valence-electron chi connectivity index (χ2n) is 5.46. The van der Waals surface area contributed by atoms with E-state index in [1.165, 1.54) is 28.4 Å². The second kappa shape index (κ2) is 5.66. The van der Waals surface area contributed by atoms with Gasteiger partial charge in [0.15, 0.2) is 11.6 Å². The Morgan fingerprint density at radius 1 is 1.35 bits per heavy atom. The summed E-state index contributed by atoms with van der Waals surface area (Å²) in [5, 5.41) is 22.2. The summed E-state index contributed by atoms with van der Waals surface area (Å²) in [6.07, 6.45) is -0.318. The van der Waals surface area contributed by atoms with Crippen LogP contribution >= 0.6 is 11.3 Å². The van der Waals surface area contributed by atoms with Gasteiger partial charge in [-0.15, -0.1) is 0 Å². The fraction of sp³-hybridized carbons (Fsp3) is 0.250. The molecule has 2 atom stereocenters. The number of rotatable bonds is 3. The number of carbonyl (C=O) groups is 2. The Morgan fingerprint density at radius 3 is 2.70 bits per heavy atom. The number of aromatic hydroxyl groups is 1. The molecule has 0 bridgehead atoms. The normalized spacial score (nSPS) is 19.7. The maximum absolute atomic E-state index is 14.4. The van der Waals surface area contributed by atoms with Crippen LogP contribution in [0.1, 0.15) is 35.2 Å². The van der Waals surface area contributed by atoms with Crippen molar-refractivity contribution in [2.45, 2.75) is 25.3 Å². The molecule has 2 unspecified atom stereocenters. The van der Waals surface area contributed by atoms with E-state index in [1.54, 1.807) is 23.8 Å². The van der Waals surface area contributed by atoms with Crippen molar-refractivity contribution in [2.24, 2.45) is 0 Å². The van der Waals surface area contributed by atoms with E-state index in [2.05, 4.69) is 0 Å². The van der Waals surface area contributed by atoms with Crippen molar-refractivity contribution in [1.29, 1.82) is 0 Å². The molecule has 0 fully saturated rings. The molecule has 0 saturated heterocycles. The minimum atomic E-state index is -1.08. The third-order valence-corrected chi connectivity index (χ3v) is 4.82. The highest BCUT2D eigenvalue weighted by molar-refractivity contribution is 7.08. The molecule has 0 aliphatic carbocycles. The average molecular weight is 335 g/mol. The van der Waals surface area contributed by atoms with E-state index in [1.807, 2.05) is 0 Å². The van der Waals surface area contributed by atoms with Crippen molar-refractivity contribution >= 4 is 28.9 Å². The molecule has 23 heavy (non-hydrogen) atoms. The van der Waals surface area contributed by atoms with E-state index < -0.39 is 29.5 Å². The molecule has 2 heterocycles. The van der Waals surface area contributed by atoms with Crippen molar-refractivity contribution in [3.8, 4) is 5.75 Å². The van der Waals surface area contributed by atoms with Crippen LogP contribution in [-0.4, -0.2) is 28.1 Å². The van der Waals surface area contributed by atoms with Crippen molar-refractivity contribution in [3.63, 3.8) is 0 Å². The van der Waals surface area contributed by atoms with Crippen LogP contribution in [0.4, 0.5) is 10.1 Å². The van der Waals surface area contributed by atoms with E-state index >= 15 is 0 Å². The first kappa shape index (κ1) is 15.5. The Balaban J connectivity index is 2.12. The number of phenols is 1. The molecule has 1 aromatic carbocycles. The number of halogens is 1. The number of carboxylic acid groups (broad SMARTS) is 1. The molecule has 120 valence electrons. The Labute approximate surface area is 135 Å². The number of aliphatic carboxylic acids is 1. The third-order valence-electron chi connectivity index (χ3n) is 4.14. The van der Waals surface area contributed by atoms with Crippen molar-refractivity contribution in [2.75, 3.05) is 4.90 Å². The average Bonchev–Trinajstić information content (AvgIpc) is 3.10. The summed E-state index contributed by atoms with van der Waals surface area (Å²) in [4.78, 5) is 25.2. The zero-order valence-corrected chi connectivity index (χ0v) is 13.0. The Kier molecular flexibility index (Phi) is 3.81. The molecule has 5 nitrogen and oxygen atoms in total. The molecule has 0 radical (unpaired) electrons. The van der Waals surface area contributed by atoms with Crippen LogP contribution in [-0.2, 0) is 4.79 Å². The number of carboxylic acids is 1. The first-order valence-corrected chi connectivity index (χ1v) is 7.95. The van der Waals surface area contributed by atoms with Gasteiger partial charge in [-0.25, -0.2) is 4.39 Å². The highest BCUT2D eigenvalue weighted by atomic mass is 32.1. The van der Waals surface area contributed by atoms with Gasteiger partial charge in [0.2, 0.25) is 0 Å². The number of hydrogen-bond acceptors (Lipinski definition) is 4. The van der Waals surface area contributed by atoms with Gasteiger partial charge in [0.1, 0.15) is 0 Å². The van der Waals surface area contributed by atoms with Crippen molar-refractivity contribution < 1.29 is 24.2 Å². The maximum Gasteiger partial charge on any atom is 0.304 e. The van der Waals surface area contributed by atoms with Crippen LogP contribution in [0.2, 0.25) is 0 Å². The van der Waals surface area contributed by atoms with Gasteiger partial charge in [-0.1, -0.05) is 0 Å². The minimum Gasteiger partial charge on any atom is -0.505 e.